The smallest absolute Gasteiger partial charge is 0.255 e. The van der Waals surface area contributed by atoms with Crippen LogP contribution in [0.3, 0.4) is 0 Å². The molecule has 2 N–H and O–H groups in total. The van der Waals surface area contributed by atoms with Crippen molar-refractivity contribution in [1.29, 1.82) is 0 Å². The van der Waals surface area contributed by atoms with Crippen molar-refractivity contribution in [3.8, 4) is 5.75 Å². The van der Waals surface area contributed by atoms with E-state index in [1.54, 1.807) is 28.6 Å². The van der Waals surface area contributed by atoms with Gasteiger partial charge in [-0.3, -0.25) is 4.79 Å². The molecule has 35 heavy (non-hydrogen) atoms. The molecule has 1 amide bonds. The Morgan fingerprint density at radius 3 is 2.74 bits per heavy atom. The van der Waals surface area contributed by atoms with E-state index in [-0.39, 0.29) is 5.91 Å². The van der Waals surface area contributed by atoms with E-state index in [0.29, 0.717) is 50.5 Å². The molecule has 1 aliphatic rings. The minimum absolute atomic E-state index is 0.278. The molecule has 0 aliphatic carbocycles. The molecule has 7 nitrogen and oxygen atoms in total. The maximum Gasteiger partial charge on any atom is 0.255 e. The zero-order chi connectivity index (χ0) is 24.9. The van der Waals surface area contributed by atoms with E-state index in [2.05, 4.69) is 22.5 Å². The van der Waals surface area contributed by atoms with Gasteiger partial charge in [-0.1, -0.05) is 66.5 Å². The first-order chi connectivity index (χ1) is 16.9. The minimum atomic E-state index is -0.548. The lowest BCUT2D eigenvalue weighted by atomic mass is 9.95. The summed E-state index contributed by atoms with van der Waals surface area (Å²) in [5.74, 6) is 1.82. The van der Waals surface area contributed by atoms with Gasteiger partial charge < -0.3 is 15.4 Å². The molecule has 4 rings (SSSR count). The van der Waals surface area contributed by atoms with Crippen LogP contribution in [0.2, 0.25) is 10.0 Å². The zero-order valence-electron chi connectivity index (χ0n) is 19.8. The SMILES string of the molecule is CCCCSc1nc2n(n1)C(c1ccc(Cl)c(Cl)c1)C(C(=O)Nc1ccccc1OCC)=C(C)N2. The van der Waals surface area contributed by atoms with Gasteiger partial charge in [0.05, 0.1) is 27.9 Å². The third-order valence-electron chi connectivity index (χ3n) is 5.50. The van der Waals surface area contributed by atoms with Gasteiger partial charge in [-0.2, -0.15) is 4.98 Å². The van der Waals surface area contributed by atoms with Crippen molar-refractivity contribution >= 4 is 52.5 Å². The molecule has 1 aromatic heterocycles. The van der Waals surface area contributed by atoms with Crippen molar-refractivity contribution < 1.29 is 9.53 Å². The van der Waals surface area contributed by atoms with Crippen LogP contribution >= 0.6 is 35.0 Å². The molecule has 2 aromatic carbocycles. The van der Waals surface area contributed by atoms with Gasteiger partial charge in [-0.15, -0.1) is 5.10 Å². The Morgan fingerprint density at radius 1 is 1.20 bits per heavy atom. The lowest BCUT2D eigenvalue weighted by Gasteiger charge is -2.29. The van der Waals surface area contributed by atoms with Crippen LogP contribution in [0.4, 0.5) is 11.6 Å². The number of halogens is 2. The van der Waals surface area contributed by atoms with E-state index in [1.807, 2.05) is 44.2 Å². The summed E-state index contributed by atoms with van der Waals surface area (Å²) < 4.78 is 7.43. The lowest BCUT2D eigenvalue weighted by molar-refractivity contribution is -0.113. The van der Waals surface area contributed by atoms with Crippen LogP contribution in [0, 0.1) is 0 Å². The molecular formula is C25H27Cl2N5O2S. The van der Waals surface area contributed by atoms with E-state index in [9.17, 15) is 4.79 Å². The summed E-state index contributed by atoms with van der Waals surface area (Å²) in [5.41, 5.74) is 2.54. The molecule has 0 fully saturated rings. The Morgan fingerprint density at radius 2 is 2.00 bits per heavy atom. The highest BCUT2D eigenvalue weighted by molar-refractivity contribution is 7.99. The number of carbonyl (C=O) groups is 1. The maximum atomic E-state index is 13.7. The molecular weight excluding hydrogens is 505 g/mol. The standard InChI is InChI=1S/C25H27Cl2N5O2S/c1-4-6-13-35-25-30-24-28-15(3)21(23(33)29-19-9-7-8-10-20(19)34-5-2)22(32(24)31-25)16-11-12-17(26)18(27)14-16/h7-12,14,22H,4-6,13H2,1-3H3,(H,29,33)(H,28,30,31). The summed E-state index contributed by atoms with van der Waals surface area (Å²) >= 11 is 14.2. The molecule has 0 saturated heterocycles. The first-order valence-corrected chi connectivity index (χ1v) is 13.2. The number of rotatable bonds is 9. The van der Waals surface area contributed by atoms with Gasteiger partial charge in [-0.05, 0) is 50.1 Å². The van der Waals surface area contributed by atoms with Crippen LogP contribution in [0.5, 0.6) is 5.75 Å². The third-order valence-corrected chi connectivity index (χ3v) is 7.16. The Hall–Kier alpha value is -2.68. The Labute approximate surface area is 219 Å². The number of hydrogen-bond donors (Lipinski definition) is 2. The summed E-state index contributed by atoms with van der Waals surface area (Å²) in [6.45, 7) is 6.40. The summed E-state index contributed by atoms with van der Waals surface area (Å²) in [6.07, 6.45) is 2.17. The number of ether oxygens (including phenoxy) is 1. The number of fused-ring (bicyclic) bond motifs is 1. The van der Waals surface area contributed by atoms with Gasteiger partial charge in [0.2, 0.25) is 11.1 Å². The molecule has 1 aliphatic heterocycles. The van der Waals surface area contributed by atoms with Crippen LogP contribution in [0.1, 0.15) is 45.2 Å². The van der Waals surface area contributed by atoms with Crippen LogP contribution in [-0.2, 0) is 4.79 Å². The number of thioether (sulfide) groups is 1. The second kappa shape index (κ2) is 11.4. The van der Waals surface area contributed by atoms with Crippen molar-refractivity contribution in [3.05, 3.63) is 69.3 Å². The summed E-state index contributed by atoms with van der Waals surface area (Å²) in [4.78, 5) is 18.4. The van der Waals surface area contributed by atoms with Crippen molar-refractivity contribution in [3.63, 3.8) is 0 Å². The molecule has 184 valence electrons. The van der Waals surface area contributed by atoms with Gasteiger partial charge in [0, 0.05) is 11.4 Å². The monoisotopic (exact) mass is 531 g/mol. The van der Waals surface area contributed by atoms with Gasteiger partial charge >= 0.3 is 0 Å². The number of nitrogens with one attached hydrogen (secondary N) is 2. The van der Waals surface area contributed by atoms with Crippen LogP contribution in [0.15, 0.2) is 58.9 Å². The molecule has 1 unspecified atom stereocenters. The maximum absolute atomic E-state index is 13.7. The number of carbonyl (C=O) groups excluding carboxylic acids is 1. The zero-order valence-corrected chi connectivity index (χ0v) is 22.1. The quantitative estimate of drug-likeness (QED) is 0.233. The summed E-state index contributed by atoms with van der Waals surface area (Å²) in [5, 5.41) is 12.5. The highest BCUT2D eigenvalue weighted by atomic mass is 35.5. The molecule has 0 spiro atoms. The Kier molecular flexibility index (Phi) is 8.26. The fourth-order valence-corrected chi connectivity index (χ4v) is 5.04. The number of allylic oxidation sites excluding steroid dienone is 1. The van der Waals surface area contributed by atoms with E-state index in [1.165, 1.54) is 0 Å². The average molecular weight is 532 g/mol. The largest absolute Gasteiger partial charge is 0.492 e. The number of anilines is 2. The number of hydrogen-bond acceptors (Lipinski definition) is 6. The molecule has 0 bridgehead atoms. The fraction of sp³-hybridized carbons (Fsp3) is 0.320. The first kappa shape index (κ1) is 25.4. The van der Waals surface area contributed by atoms with Crippen molar-refractivity contribution in [2.24, 2.45) is 0 Å². The van der Waals surface area contributed by atoms with Crippen LogP contribution in [0.25, 0.3) is 0 Å². The summed E-state index contributed by atoms with van der Waals surface area (Å²) in [6, 6.07) is 12.2. The predicted octanol–water partition coefficient (Wildman–Crippen LogP) is 6.80. The normalized spacial score (nSPS) is 14.9. The number of para-hydroxylation sites is 2. The lowest BCUT2D eigenvalue weighted by Crippen LogP contribution is -2.31. The average Bonchev–Trinajstić information content (AvgIpc) is 3.23. The minimum Gasteiger partial charge on any atom is -0.492 e. The van der Waals surface area contributed by atoms with Crippen LogP contribution in [-0.4, -0.2) is 33.0 Å². The molecule has 0 radical (unpaired) electrons. The summed E-state index contributed by atoms with van der Waals surface area (Å²) in [7, 11) is 0. The van der Waals surface area contributed by atoms with E-state index in [4.69, 9.17) is 33.0 Å². The van der Waals surface area contributed by atoms with E-state index < -0.39 is 6.04 Å². The number of unbranched alkanes of at least 4 members (excludes halogenated alkanes) is 1. The van der Waals surface area contributed by atoms with E-state index in [0.717, 1.165) is 24.2 Å². The number of nitrogens with zero attached hydrogens (tertiary/aromatic N) is 3. The predicted molar refractivity (Wildman–Crippen MR) is 143 cm³/mol. The molecule has 1 atom stereocenters. The van der Waals surface area contributed by atoms with Gasteiger partial charge in [0.1, 0.15) is 11.8 Å². The molecule has 10 heteroatoms. The molecule has 0 saturated carbocycles. The van der Waals surface area contributed by atoms with Crippen molar-refractivity contribution in [1.82, 2.24) is 14.8 Å². The second-order valence-corrected chi connectivity index (χ2v) is 9.86. The van der Waals surface area contributed by atoms with Crippen LogP contribution < -0.4 is 15.4 Å². The van der Waals surface area contributed by atoms with Crippen molar-refractivity contribution in [2.75, 3.05) is 23.0 Å². The fourth-order valence-electron chi connectivity index (χ4n) is 3.83. The van der Waals surface area contributed by atoms with Crippen molar-refractivity contribution in [2.45, 2.75) is 44.8 Å². The van der Waals surface area contributed by atoms with Gasteiger partial charge in [0.15, 0.2) is 0 Å². The molecule has 3 aromatic rings. The topological polar surface area (TPSA) is 81.1 Å². The highest BCUT2D eigenvalue weighted by Gasteiger charge is 2.35. The van der Waals surface area contributed by atoms with E-state index >= 15 is 0 Å². The third kappa shape index (κ3) is 5.60. The Bertz CT molecular complexity index is 1260. The number of aromatic nitrogens is 3. The molecule has 2 heterocycles. The number of benzene rings is 2. The highest BCUT2D eigenvalue weighted by Crippen LogP contribution is 2.39. The number of amides is 1. The first-order valence-electron chi connectivity index (χ1n) is 11.5. The van der Waals surface area contributed by atoms with Gasteiger partial charge in [0.25, 0.3) is 5.91 Å². The second-order valence-electron chi connectivity index (χ2n) is 7.99. The van der Waals surface area contributed by atoms with Gasteiger partial charge in [-0.25, -0.2) is 4.68 Å². The Balaban J connectivity index is 1.74.